The second-order valence-electron chi connectivity index (χ2n) is 6.69. The molecule has 1 aliphatic rings. The number of piperidine rings is 1. The smallest absolute Gasteiger partial charge is 0.410 e. The van der Waals surface area contributed by atoms with E-state index in [0.717, 1.165) is 31.1 Å². The minimum Gasteiger partial charge on any atom is -0.444 e. The molecule has 1 rings (SSSR count). The molecule has 2 atom stereocenters. The first-order valence-electron chi connectivity index (χ1n) is 7.34. The molecule has 0 unspecified atom stereocenters. The molecule has 0 aromatic heterocycles. The van der Waals surface area contributed by atoms with E-state index in [4.69, 9.17) is 4.74 Å². The standard InChI is InChI=1S/C16H27NO3/c1-12(2)10-13(11-18)14-8-6-7-9-17(14)15(19)20-16(3,4)5/h10-11,13-14H,6-9H2,1-5H3/t13-,14-/m0/s1. The van der Waals surface area contributed by atoms with Crippen LogP contribution >= 0.6 is 0 Å². The number of ether oxygens (including phenoxy) is 1. The third-order valence-electron chi connectivity index (χ3n) is 3.30. The van der Waals surface area contributed by atoms with Crippen LogP contribution < -0.4 is 0 Å². The van der Waals surface area contributed by atoms with Crippen molar-refractivity contribution < 1.29 is 14.3 Å². The topological polar surface area (TPSA) is 46.6 Å². The zero-order chi connectivity index (χ0) is 15.3. The third kappa shape index (κ3) is 4.99. The highest BCUT2D eigenvalue weighted by atomic mass is 16.6. The fourth-order valence-electron chi connectivity index (χ4n) is 2.53. The first-order valence-corrected chi connectivity index (χ1v) is 7.34. The summed E-state index contributed by atoms with van der Waals surface area (Å²) in [5.74, 6) is -0.243. The summed E-state index contributed by atoms with van der Waals surface area (Å²) in [4.78, 5) is 25.4. The average Bonchev–Trinajstić information content (AvgIpc) is 2.33. The van der Waals surface area contributed by atoms with Gasteiger partial charge in [-0.3, -0.25) is 0 Å². The molecular weight excluding hydrogens is 254 g/mol. The Morgan fingerprint density at radius 2 is 1.95 bits per heavy atom. The Hall–Kier alpha value is -1.32. The van der Waals surface area contributed by atoms with Crippen LogP contribution in [0.3, 0.4) is 0 Å². The van der Waals surface area contributed by atoms with Crippen molar-refractivity contribution in [3.63, 3.8) is 0 Å². The minimum atomic E-state index is -0.508. The maximum atomic E-state index is 12.3. The molecule has 0 saturated carbocycles. The van der Waals surface area contributed by atoms with E-state index in [9.17, 15) is 9.59 Å². The van der Waals surface area contributed by atoms with E-state index in [1.807, 2.05) is 40.7 Å². The van der Waals surface area contributed by atoms with Crippen LogP contribution in [0.5, 0.6) is 0 Å². The minimum absolute atomic E-state index is 0.0778. The van der Waals surface area contributed by atoms with Crippen molar-refractivity contribution in [2.24, 2.45) is 5.92 Å². The van der Waals surface area contributed by atoms with Crippen LogP contribution in [-0.2, 0) is 9.53 Å². The van der Waals surface area contributed by atoms with Crippen molar-refractivity contribution in [3.8, 4) is 0 Å². The molecule has 0 N–H and O–H groups in total. The van der Waals surface area contributed by atoms with Gasteiger partial charge >= 0.3 is 6.09 Å². The van der Waals surface area contributed by atoms with Gasteiger partial charge < -0.3 is 14.4 Å². The van der Waals surface area contributed by atoms with Crippen molar-refractivity contribution in [3.05, 3.63) is 11.6 Å². The Morgan fingerprint density at radius 3 is 2.45 bits per heavy atom. The van der Waals surface area contributed by atoms with Gasteiger partial charge in [-0.25, -0.2) is 4.79 Å². The van der Waals surface area contributed by atoms with E-state index in [1.54, 1.807) is 4.90 Å². The van der Waals surface area contributed by atoms with E-state index in [0.29, 0.717) is 6.54 Å². The Morgan fingerprint density at radius 1 is 1.30 bits per heavy atom. The summed E-state index contributed by atoms with van der Waals surface area (Å²) >= 11 is 0. The highest BCUT2D eigenvalue weighted by molar-refractivity contribution is 5.70. The molecule has 0 spiro atoms. The quantitative estimate of drug-likeness (QED) is 0.587. The second kappa shape index (κ2) is 6.91. The molecule has 1 aliphatic heterocycles. The summed E-state index contributed by atoms with van der Waals surface area (Å²) in [6.07, 6.45) is 5.45. The molecule has 4 nitrogen and oxygen atoms in total. The predicted octanol–water partition coefficient (Wildman–Crippen LogP) is 3.56. The molecule has 1 fully saturated rings. The van der Waals surface area contributed by atoms with Gasteiger partial charge in [0.2, 0.25) is 0 Å². The number of carbonyl (C=O) groups excluding carboxylic acids is 2. The van der Waals surface area contributed by atoms with Gasteiger partial charge in [-0.15, -0.1) is 0 Å². The van der Waals surface area contributed by atoms with Gasteiger partial charge in [0.05, 0.1) is 5.92 Å². The summed E-state index contributed by atoms with van der Waals surface area (Å²) < 4.78 is 5.46. The number of hydrogen-bond donors (Lipinski definition) is 0. The van der Waals surface area contributed by atoms with E-state index < -0.39 is 5.60 Å². The molecule has 4 heteroatoms. The van der Waals surface area contributed by atoms with E-state index in [-0.39, 0.29) is 18.1 Å². The fraction of sp³-hybridized carbons (Fsp3) is 0.750. The van der Waals surface area contributed by atoms with Crippen LogP contribution in [0, 0.1) is 5.92 Å². The van der Waals surface area contributed by atoms with Crippen LogP contribution in [0.25, 0.3) is 0 Å². The number of amides is 1. The van der Waals surface area contributed by atoms with Gasteiger partial charge in [0, 0.05) is 12.6 Å². The van der Waals surface area contributed by atoms with E-state index in [2.05, 4.69) is 0 Å². The van der Waals surface area contributed by atoms with Gasteiger partial charge in [-0.1, -0.05) is 11.6 Å². The molecule has 20 heavy (non-hydrogen) atoms. The lowest BCUT2D eigenvalue weighted by Crippen LogP contribution is -2.49. The average molecular weight is 281 g/mol. The molecule has 0 bridgehead atoms. The molecule has 0 radical (unpaired) electrons. The molecule has 0 aliphatic carbocycles. The first-order chi connectivity index (χ1) is 9.24. The van der Waals surface area contributed by atoms with Crippen molar-refractivity contribution >= 4 is 12.4 Å². The largest absolute Gasteiger partial charge is 0.444 e. The number of rotatable bonds is 3. The van der Waals surface area contributed by atoms with Gasteiger partial charge in [0.25, 0.3) is 0 Å². The summed E-state index contributed by atoms with van der Waals surface area (Å²) in [6.45, 7) is 10.2. The van der Waals surface area contributed by atoms with Crippen LogP contribution in [0.1, 0.15) is 53.9 Å². The van der Waals surface area contributed by atoms with Gasteiger partial charge in [0.1, 0.15) is 11.9 Å². The van der Waals surface area contributed by atoms with Crippen LogP contribution in [-0.4, -0.2) is 35.5 Å². The maximum Gasteiger partial charge on any atom is 0.410 e. The summed E-state index contributed by atoms with van der Waals surface area (Å²) in [5.41, 5.74) is 0.587. The Bertz CT molecular complexity index is 378. The predicted molar refractivity (Wildman–Crippen MR) is 79.6 cm³/mol. The number of likely N-dealkylation sites (tertiary alicyclic amines) is 1. The number of aldehydes is 1. The van der Waals surface area contributed by atoms with Crippen molar-refractivity contribution in [1.29, 1.82) is 0 Å². The zero-order valence-electron chi connectivity index (χ0n) is 13.3. The van der Waals surface area contributed by atoms with Gasteiger partial charge in [0.15, 0.2) is 0 Å². The fourth-order valence-corrected chi connectivity index (χ4v) is 2.53. The highest BCUT2D eigenvalue weighted by Gasteiger charge is 2.34. The monoisotopic (exact) mass is 281 g/mol. The lowest BCUT2D eigenvalue weighted by Gasteiger charge is -2.38. The normalized spacial score (nSPS) is 21.1. The molecule has 1 heterocycles. The lowest BCUT2D eigenvalue weighted by atomic mass is 9.90. The molecular formula is C16H27NO3. The summed E-state index contributed by atoms with van der Waals surface area (Å²) in [5, 5.41) is 0. The summed E-state index contributed by atoms with van der Waals surface area (Å²) in [7, 11) is 0. The zero-order valence-corrected chi connectivity index (χ0v) is 13.3. The van der Waals surface area contributed by atoms with Crippen molar-refractivity contribution in [1.82, 2.24) is 4.90 Å². The Kier molecular flexibility index (Phi) is 5.78. The SMILES string of the molecule is CC(C)=C[C@@H](C=O)[C@@H]1CCCCN1C(=O)OC(C)(C)C. The van der Waals surface area contributed by atoms with Gasteiger partial charge in [-0.2, -0.15) is 0 Å². The Balaban J connectivity index is 2.88. The van der Waals surface area contributed by atoms with Crippen LogP contribution in [0.15, 0.2) is 11.6 Å². The molecule has 1 saturated heterocycles. The van der Waals surface area contributed by atoms with Crippen molar-refractivity contribution in [2.45, 2.75) is 65.5 Å². The number of hydrogen-bond acceptors (Lipinski definition) is 3. The molecule has 0 aromatic carbocycles. The highest BCUT2D eigenvalue weighted by Crippen LogP contribution is 2.26. The molecule has 114 valence electrons. The number of nitrogens with zero attached hydrogens (tertiary/aromatic N) is 1. The third-order valence-corrected chi connectivity index (χ3v) is 3.30. The maximum absolute atomic E-state index is 12.3. The first kappa shape index (κ1) is 16.7. The van der Waals surface area contributed by atoms with Crippen molar-refractivity contribution in [2.75, 3.05) is 6.54 Å². The molecule has 1 amide bonds. The summed E-state index contributed by atoms with van der Waals surface area (Å²) in [6, 6.07) is -0.0778. The van der Waals surface area contributed by atoms with Gasteiger partial charge in [-0.05, 0) is 53.9 Å². The van der Waals surface area contributed by atoms with E-state index >= 15 is 0 Å². The number of carbonyl (C=O) groups is 2. The van der Waals surface area contributed by atoms with E-state index in [1.165, 1.54) is 0 Å². The number of allylic oxidation sites excluding steroid dienone is 1. The van der Waals surface area contributed by atoms with Crippen LogP contribution in [0.2, 0.25) is 0 Å². The lowest BCUT2D eigenvalue weighted by molar-refractivity contribution is -0.111. The Labute approximate surface area is 122 Å². The van der Waals surface area contributed by atoms with Crippen LogP contribution in [0.4, 0.5) is 4.79 Å². The second-order valence-corrected chi connectivity index (χ2v) is 6.69. The molecule has 0 aromatic rings.